The molecule has 0 spiro atoms. The quantitative estimate of drug-likeness (QED) is 0.570. The molecule has 0 aliphatic heterocycles. The second kappa shape index (κ2) is 5.84. The number of alkyl halides is 3. The molecule has 0 radical (unpaired) electrons. The van der Waals surface area contributed by atoms with Crippen LogP contribution in [0.1, 0.15) is 5.89 Å². The molecule has 9 heteroatoms. The van der Waals surface area contributed by atoms with E-state index in [2.05, 4.69) is 14.7 Å². The standard InChI is InChI=1S/C15H9F4N3O2/c16-8-2-1-3-10(6-8)23-12-7-9(20)4-5-11(12)13-21-14(24-22-13)15(17,18)19/h1-7H,20H2. The van der Waals surface area contributed by atoms with Crippen LogP contribution in [0.15, 0.2) is 47.0 Å². The highest BCUT2D eigenvalue weighted by atomic mass is 19.4. The fourth-order valence-electron chi connectivity index (χ4n) is 1.91. The van der Waals surface area contributed by atoms with Crippen LogP contribution in [0.4, 0.5) is 23.2 Å². The lowest BCUT2D eigenvalue weighted by atomic mass is 10.1. The Balaban J connectivity index is 2.01. The molecule has 124 valence electrons. The molecule has 0 aliphatic carbocycles. The van der Waals surface area contributed by atoms with Gasteiger partial charge in [0.15, 0.2) is 0 Å². The normalized spacial score (nSPS) is 11.5. The minimum Gasteiger partial charge on any atom is -0.456 e. The average molecular weight is 339 g/mol. The van der Waals surface area contributed by atoms with Gasteiger partial charge in [0, 0.05) is 17.8 Å². The first-order chi connectivity index (χ1) is 11.3. The van der Waals surface area contributed by atoms with Gasteiger partial charge in [-0.2, -0.15) is 18.2 Å². The van der Waals surface area contributed by atoms with Crippen molar-refractivity contribution in [3.8, 4) is 22.9 Å². The van der Waals surface area contributed by atoms with Gasteiger partial charge in [0.25, 0.3) is 0 Å². The maximum atomic E-state index is 13.2. The molecule has 0 bridgehead atoms. The summed E-state index contributed by atoms with van der Waals surface area (Å²) in [6.45, 7) is 0. The van der Waals surface area contributed by atoms with Gasteiger partial charge in [-0.05, 0) is 24.3 Å². The topological polar surface area (TPSA) is 74.2 Å². The molecule has 3 rings (SSSR count). The summed E-state index contributed by atoms with van der Waals surface area (Å²) in [5, 5.41) is 3.30. The number of ether oxygens (including phenoxy) is 1. The summed E-state index contributed by atoms with van der Waals surface area (Å²) in [6, 6.07) is 9.43. The molecular weight excluding hydrogens is 330 g/mol. The smallest absolute Gasteiger partial charge is 0.456 e. The monoisotopic (exact) mass is 339 g/mol. The van der Waals surface area contributed by atoms with E-state index in [1.165, 1.54) is 36.4 Å². The summed E-state index contributed by atoms with van der Waals surface area (Å²) in [5.41, 5.74) is 6.08. The lowest BCUT2D eigenvalue weighted by Gasteiger charge is -2.10. The third kappa shape index (κ3) is 3.29. The lowest BCUT2D eigenvalue weighted by molar-refractivity contribution is -0.159. The van der Waals surface area contributed by atoms with E-state index >= 15 is 0 Å². The van der Waals surface area contributed by atoms with E-state index in [0.717, 1.165) is 6.07 Å². The second-order valence-electron chi connectivity index (χ2n) is 4.74. The highest BCUT2D eigenvalue weighted by Crippen LogP contribution is 2.35. The van der Waals surface area contributed by atoms with Gasteiger partial charge < -0.3 is 15.0 Å². The number of nitrogens with two attached hydrogens (primary N) is 1. The average Bonchev–Trinajstić information content (AvgIpc) is 2.97. The Bertz CT molecular complexity index is 877. The van der Waals surface area contributed by atoms with Gasteiger partial charge in [-0.15, -0.1) is 0 Å². The third-order valence-electron chi connectivity index (χ3n) is 2.94. The van der Waals surface area contributed by atoms with Gasteiger partial charge in [-0.25, -0.2) is 4.39 Å². The molecule has 1 aromatic heterocycles. The minimum absolute atomic E-state index is 0.0649. The van der Waals surface area contributed by atoms with Crippen molar-refractivity contribution in [3.05, 3.63) is 54.2 Å². The largest absolute Gasteiger partial charge is 0.471 e. The van der Waals surface area contributed by atoms with Crippen LogP contribution < -0.4 is 10.5 Å². The molecule has 0 fully saturated rings. The SMILES string of the molecule is Nc1ccc(-c2noc(C(F)(F)F)n2)c(Oc2cccc(F)c2)c1. The van der Waals surface area contributed by atoms with Crippen LogP contribution in [0.3, 0.4) is 0 Å². The van der Waals surface area contributed by atoms with E-state index < -0.39 is 17.9 Å². The fourth-order valence-corrected chi connectivity index (χ4v) is 1.91. The van der Waals surface area contributed by atoms with Gasteiger partial charge in [-0.1, -0.05) is 11.2 Å². The highest BCUT2D eigenvalue weighted by molar-refractivity contribution is 5.68. The van der Waals surface area contributed by atoms with E-state index in [-0.39, 0.29) is 22.9 Å². The van der Waals surface area contributed by atoms with Crippen LogP contribution >= 0.6 is 0 Å². The van der Waals surface area contributed by atoms with E-state index in [9.17, 15) is 17.6 Å². The Hall–Kier alpha value is -3.10. The van der Waals surface area contributed by atoms with Crippen molar-refractivity contribution in [1.29, 1.82) is 0 Å². The molecule has 0 aliphatic rings. The van der Waals surface area contributed by atoms with Crippen molar-refractivity contribution >= 4 is 5.69 Å². The molecule has 2 aromatic carbocycles. The Morgan fingerprint density at radius 3 is 2.54 bits per heavy atom. The summed E-state index contributed by atoms with van der Waals surface area (Å²) in [4.78, 5) is 3.30. The number of hydrogen-bond acceptors (Lipinski definition) is 5. The maximum Gasteiger partial charge on any atom is 0.471 e. The second-order valence-corrected chi connectivity index (χ2v) is 4.74. The first kappa shape index (κ1) is 15.8. The fraction of sp³-hybridized carbons (Fsp3) is 0.0667. The van der Waals surface area contributed by atoms with Crippen molar-refractivity contribution in [1.82, 2.24) is 10.1 Å². The molecule has 24 heavy (non-hydrogen) atoms. The summed E-state index contributed by atoms with van der Waals surface area (Å²) in [6.07, 6.45) is -4.76. The van der Waals surface area contributed by atoms with Crippen LogP contribution in [0, 0.1) is 5.82 Å². The van der Waals surface area contributed by atoms with Crippen molar-refractivity contribution in [2.24, 2.45) is 0 Å². The Morgan fingerprint density at radius 1 is 1.08 bits per heavy atom. The van der Waals surface area contributed by atoms with Crippen molar-refractivity contribution in [2.75, 3.05) is 5.73 Å². The molecule has 0 unspecified atom stereocenters. The number of nitrogens with zero attached hydrogens (tertiary/aromatic N) is 2. The number of nitrogen functional groups attached to an aromatic ring is 1. The predicted octanol–water partition coefficient (Wildman–Crippen LogP) is 4.27. The maximum absolute atomic E-state index is 13.2. The van der Waals surface area contributed by atoms with Crippen molar-refractivity contribution < 1.29 is 26.8 Å². The van der Waals surface area contributed by atoms with Crippen LogP contribution in [0.5, 0.6) is 11.5 Å². The van der Waals surface area contributed by atoms with Crippen LogP contribution in [-0.4, -0.2) is 10.1 Å². The van der Waals surface area contributed by atoms with E-state index in [1.54, 1.807) is 0 Å². The number of rotatable bonds is 3. The van der Waals surface area contributed by atoms with Crippen LogP contribution in [0.2, 0.25) is 0 Å². The molecule has 0 saturated carbocycles. The molecule has 1 heterocycles. The molecular formula is C15H9F4N3O2. The van der Waals surface area contributed by atoms with E-state index in [1.807, 2.05) is 0 Å². The van der Waals surface area contributed by atoms with Crippen molar-refractivity contribution in [2.45, 2.75) is 6.18 Å². The van der Waals surface area contributed by atoms with Crippen LogP contribution in [0.25, 0.3) is 11.4 Å². The van der Waals surface area contributed by atoms with Gasteiger partial charge in [0.1, 0.15) is 17.3 Å². The van der Waals surface area contributed by atoms with Crippen LogP contribution in [-0.2, 0) is 6.18 Å². The number of anilines is 1. The minimum atomic E-state index is -4.76. The zero-order valence-corrected chi connectivity index (χ0v) is 11.8. The number of aromatic nitrogens is 2. The number of hydrogen-bond donors (Lipinski definition) is 1. The summed E-state index contributed by atoms with van der Waals surface area (Å²) < 4.78 is 60.7. The van der Waals surface area contributed by atoms with Gasteiger partial charge in [0.05, 0.1) is 5.56 Å². The molecule has 2 N–H and O–H groups in total. The lowest BCUT2D eigenvalue weighted by Crippen LogP contribution is -2.04. The molecule has 0 amide bonds. The number of benzene rings is 2. The Labute approximate surface area is 132 Å². The number of halogens is 4. The van der Waals surface area contributed by atoms with Gasteiger partial charge >= 0.3 is 12.1 Å². The zero-order valence-electron chi connectivity index (χ0n) is 11.8. The molecule has 3 aromatic rings. The summed E-state index contributed by atoms with van der Waals surface area (Å²) in [7, 11) is 0. The summed E-state index contributed by atoms with van der Waals surface area (Å²) >= 11 is 0. The van der Waals surface area contributed by atoms with Gasteiger partial charge in [-0.3, -0.25) is 0 Å². The molecule has 0 atom stereocenters. The molecule has 0 saturated heterocycles. The Morgan fingerprint density at radius 2 is 1.88 bits per heavy atom. The Kier molecular flexibility index (Phi) is 3.84. The first-order valence-corrected chi connectivity index (χ1v) is 6.57. The zero-order chi connectivity index (χ0) is 17.3. The first-order valence-electron chi connectivity index (χ1n) is 6.57. The highest BCUT2D eigenvalue weighted by Gasteiger charge is 2.38. The predicted molar refractivity (Wildman–Crippen MR) is 75.6 cm³/mol. The van der Waals surface area contributed by atoms with Gasteiger partial charge in [0.2, 0.25) is 5.82 Å². The summed E-state index contributed by atoms with van der Waals surface area (Å²) in [5.74, 6) is -2.13. The molecule has 5 nitrogen and oxygen atoms in total. The van der Waals surface area contributed by atoms with E-state index in [0.29, 0.717) is 5.69 Å². The van der Waals surface area contributed by atoms with Crippen molar-refractivity contribution in [3.63, 3.8) is 0 Å². The van der Waals surface area contributed by atoms with E-state index in [4.69, 9.17) is 10.5 Å². The third-order valence-corrected chi connectivity index (χ3v) is 2.94.